The number of nitrogens with two attached hydrogens (primary N) is 1. The number of benzene rings is 1. The van der Waals surface area contributed by atoms with Crippen LogP contribution in [-0.2, 0) is 0 Å². The van der Waals surface area contributed by atoms with E-state index in [1.54, 1.807) is 0 Å². The van der Waals surface area contributed by atoms with E-state index in [1.165, 1.54) is 12.8 Å². The summed E-state index contributed by atoms with van der Waals surface area (Å²) < 4.78 is 6.20. The molecule has 0 bridgehead atoms. The molecule has 0 radical (unpaired) electrons. The Bertz CT molecular complexity index is 408. The molecule has 0 amide bonds. The molecule has 0 heterocycles. The molecule has 0 aromatic heterocycles. The maximum absolute atomic E-state index is 6.20. The summed E-state index contributed by atoms with van der Waals surface area (Å²) in [6.07, 6.45) is 4.79. The zero-order valence-electron chi connectivity index (χ0n) is 12.7. The SMILES string of the molecule is CC(C)(C)[C@H]1CC[C@@](C)(Oc2ccc(N)cc2)CC1. The van der Waals surface area contributed by atoms with Crippen LogP contribution >= 0.6 is 0 Å². The number of rotatable bonds is 2. The van der Waals surface area contributed by atoms with Crippen molar-refractivity contribution in [1.82, 2.24) is 0 Å². The highest BCUT2D eigenvalue weighted by molar-refractivity contribution is 5.41. The van der Waals surface area contributed by atoms with Crippen molar-refractivity contribution in [2.24, 2.45) is 11.3 Å². The Morgan fingerprint density at radius 1 is 1.11 bits per heavy atom. The highest BCUT2D eigenvalue weighted by Gasteiger charge is 2.37. The highest BCUT2D eigenvalue weighted by atomic mass is 16.5. The summed E-state index contributed by atoms with van der Waals surface area (Å²) in [6.45, 7) is 9.28. The molecule has 2 heteroatoms. The predicted octanol–water partition coefficient (Wildman–Crippen LogP) is 4.64. The summed E-state index contributed by atoms with van der Waals surface area (Å²) in [5.74, 6) is 1.75. The van der Waals surface area contributed by atoms with Gasteiger partial charge in [0, 0.05) is 5.69 Å². The molecule has 2 nitrogen and oxygen atoms in total. The van der Waals surface area contributed by atoms with Gasteiger partial charge in [0.1, 0.15) is 11.4 Å². The monoisotopic (exact) mass is 261 g/mol. The molecule has 0 unspecified atom stereocenters. The van der Waals surface area contributed by atoms with Gasteiger partial charge in [0.05, 0.1) is 0 Å². The van der Waals surface area contributed by atoms with Gasteiger partial charge < -0.3 is 10.5 Å². The Morgan fingerprint density at radius 3 is 2.11 bits per heavy atom. The molecule has 106 valence electrons. The second-order valence-electron chi connectivity index (χ2n) is 7.26. The van der Waals surface area contributed by atoms with Gasteiger partial charge in [0.25, 0.3) is 0 Å². The fourth-order valence-electron chi connectivity index (χ4n) is 3.02. The van der Waals surface area contributed by atoms with Gasteiger partial charge in [0.15, 0.2) is 0 Å². The Labute approximate surface area is 117 Å². The van der Waals surface area contributed by atoms with Crippen molar-refractivity contribution in [2.75, 3.05) is 5.73 Å². The molecular formula is C17H27NO. The van der Waals surface area contributed by atoms with Crippen molar-refractivity contribution >= 4 is 5.69 Å². The minimum Gasteiger partial charge on any atom is -0.488 e. The average molecular weight is 261 g/mol. The molecule has 0 saturated heterocycles. The van der Waals surface area contributed by atoms with Crippen LogP contribution in [0.15, 0.2) is 24.3 Å². The summed E-state index contributed by atoms with van der Waals surface area (Å²) in [6, 6.07) is 7.74. The van der Waals surface area contributed by atoms with Crippen LogP contribution in [-0.4, -0.2) is 5.60 Å². The molecular weight excluding hydrogens is 234 g/mol. The van der Waals surface area contributed by atoms with Crippen LogP contribution in [0.5, 0.6) is 5.75 Å². The van der Waals surface area contributed by atoms with E-state index in [4.69, 9.17) is 10.5 Å². The second kappa shape index (κ2) is 5.07. The van der Waals surface area contributed by atoms with E-state index in [2.05, 4.69) is 27.7 Å². The van der Waals surface area contributed by atoms with Gasteiger partial charge in [-0.15, -0.1) is 0 Å². The Hall–Kier alpha value is -1.18. The first kappa shape index (κ1) is 14.2. The smallest absolute Gasteiger partial charge is 0.120 e. The van der Waals surface area contributed by atoms with Crippen molar-refractivity contribution < 1.29 is 4.74 Å². The third-order valence-electron chi connectivity index (χ3n) is 4.51. The quantitative estimate of drug-likeness (QED) is 0.787. The maximum atomic E-state index is 6.20. The van der Waals surface area contributed by atoms with Crippen LogP contribution in [0, 0.1) is 11.3 Å². The van der Waals surface area contributed by atoms with Crippen molar-refractivity contribution in [3.8, 4) is 5.75 Å². The standard InChI is InChI=1S/C17H27NO/c1-16(2,3)13-9-11-17(4,12-10-13)19-15-7-5-14(18)6-8-15/h5-8,13H,9-12,18H2,1-4H3/t13-,17+. The first-order chi connectivity index (χ1) is 8.78. The zero-order chi connectivity index (χ0) is 14.1. The lowest BCUT2D eigenvalue weighted by Crippen LogP contribution is -2.39. The van der Waals surface area contributed by atoms with Crippen molar-refractivity contribution in [1.29, 1.82) is 0 Å². The Kier molecular flexibility index (Phi) is 3.80. The molecule has 1 fully saturated rings. The van der Waals surface area contributed by atoms with E-state index < -0.39 is 0 Å². The average Bonchev–Trinajstić information content (AvgIpc) is 2.31. The van der Waals surface area contributed by atoms with E-state index in [9.17, 15) is 0 Å². The van der Waals surface area contributed by atoms with E-state index in [-0.39, 0.29) is 5.60 Å². The molecule has 0 atom stereocenters. The van der Waals surface area contributed by atoms with Crippen LogP contribution in [0.4, 0.5) is 5.69 Å². The summed E-state index contributed by atoms with van der Waals surface area (Å²) in [4.78, 5) is 0. The molecule has 1 aromatic carbocycles. The predicted molar refractivity (Wildman–Crippen MR) is 81.3 cm³/mol. The van der Waals surface area contributed by atoms with Crippen molar-refractivity contribution in [2.45, 2.75) is 59.0 Å². The minimum absolute atomic E-state index is 0.0160. The van der Waals surface area contributed by atoms with Gasteiger partial charge >= 0.3 is 0 Å². The number of nitrogen functional groups attached to an aromatic ring is 1. The molecule has 0 aliphatic heterocycles. The van der Waals surface area contributed by atoms with Crippen LogP contribution < -0.4 is 10.5 Å². The first-order valence-corrected chi connectivity index (χ1v) is 7.33. The topological polar surface area (TPSA) is 35.2 Å². The van der Waals surface area contributed by atoms with Crippen LogP contribution in [0.2, 0.25) is 0 Å². The van der Waals surface area contributed by atoms with Gasteiger partial charge in [-0.3, -0.25) is 0 Å². The lowest BCUT2D eigenvalue weighted by Gasteiger charge is -2.42. The molecule has 2 rings (SSSR count). The first-order valence-electron chi connectivity index (χ1n) is 7.33. The summed E-state index contributed by atoms with van der Waals surface area (Å²) in [7, 11) is 0. The van der Waals surface area contributed by atoms with Crippen LogP contribution in [0.1, 0.15) is 53.4 Å². The third-order valence-corrected chi connectivity index (χ3v) is 4.51. The largest absolute Gasteiger partial charge is 0.488 e. The lowest BCUT2D eigenvalue weighted by molar-refractivity contribution is 0.0113. The number of hydrogen-bond acceptors (Lipinski definition) is 2. The van der Waals surface area contributed by atoms with E-state index in [1.807, 2.05) is 24.3 Å². The Morgan fingerprint density at radius 2 is 1.63 bits per heavy atom. The van der Waals surface area contributed by atoms with E-state index in [0.717, 1.165) is 30.2 Å². The number of anilines is 1. The van der Waals surface area contributed by atoms with Crippen LogP contribution in [0.25, 0.3) is 0 Å². The molecule has 19 heavy (non-hydrogen) atoms. The van der Waals surface area contributed by atoms with Gasteiger partial charge in [-0.25, -0.2) is 0 Å². The van der Waals surface area contributed by atoms with Gasteiger partial charge in [0.2, 0.25) is 0 Å². The fraction of sp³-hybridized carbons (Fsp3) is 0.647. The minimum atomic E-state index is -0.0160. The van der Waals surface area contributed by atoms with Crippen molar-refractivity contribution in [3.05, 3.63) is 24.3 Å². The Balaban J connectivity index is 1.96. The second-order valence-corrected chi connectivity index (χ2v) is 7.26. The maximum Gasteiger partial charge on any atom is 0.120 e. The van der Waals surface area contributed by atoms with E-state index >= 15 is 0 Å². The number of ether oxygens (including phenoxy) is 1. The molecule has 2 N–H and O–H groups in total. The lowest BCUT2D eigenvalue weighted by atomic mass is 9.69. The van der Waals surface area contributed by atoms with E-state index in [0.29, 0.717) is 5.41 Å². The fourth-order valence-corrected chi connectivity index (χ4v) is 3.02. The molecule has 1 aliphatic rings. The molecule has 0 spiro atoms. The molecule has 1 saturated carbocycles. The molecule has 1 aliphatic carbocycles. The van der Waals surface area contributed by atoms with Crippen LogP contribution in [0.3, 0.4) is 0 Å². The summed E-state index contributed by atoms with van der Waals surface area (Å²) in [5, 5.41) is 0. The van der Waals surface area contributed by atoms with Gasteiger partial charge in [-0.1, -0.05) is 20.8 Å². The highest BCUT2D eigenvalue weighted by Crippen LogP contribution is 2.42. The summed E-state index contributed by atoms with van der Waals surface area (Å²) in [5.41, 5.74) is 6.89. The molecule has 1 aromatic rings. The normalized spacial score (nSPS) is 28.1. The third kappa shape index (κ3) is 3.65. The summed E-state index contributed by atoms with van der Waals surface area (Å²) >= 11 is 0. The van der Waals surface area contributed by atoms with Crippen molar-refractivity contribution in [3.63, 3.8) is 0 Å². The number of hydrogen-bond donors (Lipinski definition) is 1. The zero-order valence-corrected chi connectivity index (χ0v) is 12.7. The van der Waals surface area contributed by atoms with Gasteiger partial charge in [-0.05, 0) is 68.2 Å². The van der Waals surface area contributed by atoms with Gasteiger partial charge in [-0.2, -0.15) is 0 Å².